The number of fused-ring (bicyclic) bond motifs is 2. The Morgan fingerprint density at radius 3 is 2.79 bits per heavy atom. The molecule has 1 aromatic heterocycles. The molecule has 2 aliphatic heterocycles. The van der Waals surface area contributed by atoms with Gasteiger partial charge in [-0.3, -0.25) is 9.58 Å². The molecule has 0 amide bonds. The molecule has 3 aromatic rings. The van der Waals surface area contributed by atoms with Gasteiger partial charge in [-0.25, -0.2) is 4.99 Å². The van der Waals surface area contributed by atoms with E-state index in [1.54, 1.807) is 0 Å². The Kier molecular flexibility index (Phi) is 4.68. The molecule has 7 heteroatoms. The summed E-state index contributed by atoms with van der Waals surface area (Å²) >= 11 is 0. The average Bonchev–Trinajstić information content (AvgIpc) is 3.36. The van der Waals surface area contributed by atoms with Gasteiger partial charge < -0.3 is 14.2 Å². The quantitative estimate of drug-likeness (QED) is 0.639. The molecule has 7 nitrogen and oxygen atoms in total. The van der Waals surface area contributed by atoms with Gasteiger partial charge in [0.25, 0.3) is 0 Å². The van der Waals surface area contributed by atoms with Crippen LogP contribution in [0.3, 0.4) is 0 Å². The molecule has 0 atom stereocenters. The lowest BCUT2D eigenvalue weighted by Crippen LogP contribution is -2.38. The zero-order valence-corrected chi connectivity index (χ0v) is 15.6. The van der Waals surface area contributed by atoms with Gasteiger partial charge in [0.15, 0.2) is 17.3 Å². The Morgan fingerprint density at radius 2 is 1.86 bits per heavy atom. The predicted octanol–water partition coefficient (Wildman–Crippen LogP) is 2.85. The van der Waals surface area contributed by atoms with Crippen LogP contribution in [0.25, 0.3) is 10.9 Å². The fourth-order valence-corrected chi connectivity index (χ4v) is 3.57. The van der Waals surface area contributed by atoms with Crippen molar-refractivity contribution in [2.45, 2.75) is 6.54 Å². The van der Waals surface area contributed by atoms with Crippen molar-refractivity contribution in [1.29, 1.82) is 0 Å². The minimum absolute atomic E-state index is 0.272. The smallest absolute Gasteiger partial charge is 0.231 e. The third kappa shape index (κ3) is 3.46. The van der Waals surface area contributed by atoms with Crippen molar-refractivity contribution in [2.75, 3.05) is 39.6 Å². The predicted molar refractivity (Wildman–Crippen MR) is 107 cm³/mol. The highest BCUT2D eigenvalue weighted by Crippen LogP contribution is 2.32. The van der Waals surface area contributed by atoms with Gasteiger partial charge in [0.2, 0.25) is 6.79 Å². The molecule has 144 valence electrons. The van der Waals surface area contributed by atoms with Crippen molar-refractivity contribution in [3.8, 4) is 11.5 Å². The molecule has 0 aliphatic carbocycles. The van der Waals surface area contributed by atoms with Crippen LogP contribution >= 0.6 is 0 Å². The Bertz CT molecular complexity index is 1010. The lowest BCUT2D eigenvalue weighted by Gasteiger charge is -2.26. The summed E-state index contributed by atoms with van der Waals surface area (Å²) < 4.78 is 18.3. The largest absolute Gasteiger partial charge is 0.454 e. The highest BCUT2D eigenvalue weighted by molar-refractivity contribution is 5.92. The van der Waals surface area contributed by atoms with Gasteiger partial charge in [-0.15, -0.1) is 0 Å². The standard InChI is InChI=1S/C21H22N4O3/c1-2-4-18-17(3-1)21(23-25(18)8-7-24-9-11-26-12-10-24)22-14-16-5-6-19-20(13-16)28-15-27-19/h1-6,13-14H,7-12,15H2. The van der Waals surface area contributed by atoms with Crippen LogP contribution in [0.1, 0.15) is 5.56 Å². The number of nitrogens with zero attached hydrogens (tertiary/aromatic N) is 4. The second kappa shape index (κ2) is 7.61. The summed E-state index contributed by atoms with van der Waals surface area (Å²) in [5.41, 5.74) is 2.06. The van der Waals surface area contributed by atoms with E-state index in [1.807, 2.05) is 36.5 Å². The summed E-state index contributed by atoms with van der Waals surface area (Å²) in [6.07, 6.45) is 1.82. The van der Waals surface area contributed by atoms with Gasteiger partial charge in [-0.2, -0.15) is 5.10 Å². The van der Waals surface area contributed by atoms with Gasteiger partial charge in [0.05, 0.1) is 25.3 Å². The molecule has 2 aliphatic rings. The van der Waals surface area contributed by atoms with Crippen LogP contribution in [0.15, 0.2) is 47.5 Å². The normalized spacial score (nSPS) is 17.0. The molecule has 0 bridgehead atoms. The Balaban J connectivity index is 1.38. The van der Waals surface area contributed by atoms with Crippen LogP contribution in [0, 0.1) is 0 Å². The maximum atomic E-state index is 5.44. The molecule has 0 spiro atoms. The average molecular weight is 378 g/mol. The molecule has 0 radical (unpaired) electrons. The lowest BCUT2D eigenvalue weighted by atomic mass is 10.2. The Hall–Kier alpha value is -2.90. The van der Waals surface area contributed by atoms with E-state index < -0.39 is 0 Å². The van der Waals surface area contributed by atoms with Crippen molar-refractivity contribution in [1.82, 2.24) is 14.7 Å². The van der Waals surface area contributed by atoms with E-state index in [0.29, 0.717) is 0 Å². The van der Waals surface area contributed by atoms with E-state index in [2.05, 4.69) is 26.7 Å². The summed E-state index contributed by atoms with van der Waals surface area (Å²) in [7, 11) is 0. The van der Waals surface area contributed by atoms with Crippen LogP contribution in [-0.4, -0.2) is 60.5 Å². The van der Waals surface area contributed by atoms with E-state index >= 15 is 0 Å². The van der Waals surface area contributed by atoms with Crippen molar-refractivity contribution in [3.05, 3.63) is 48.0 Å². The highest BCUT2D eigenvalue weighted by Gasteiger charge is 2.14. The van der Waals surface area contributed by atoms with Crippen LogP contribution in [0.2, 0.25) is 0 Å². The zero-order chi connectivity index (χ0) is 18.8. The molecule has 1 saturated heterocycles. The summed E-state index contributed by atoms with van der Waals surface area (Å²) in [5, 5.41) is 5.82. The maximum absolute atomic E-state index is 5.44. The molecule has 28 heavy (non-hydrogen) atoms. The van der Waals surface area contributed by atoms with Crippen molar-refractivity contribution in [3.63, 3.8) is 0 Å². The van der Waals surface area contributed by atoms with E-state index in [0.717, 1.165) is 73.2 Å². The SMILES string of the molecule is C(=Nc1nn(CCN2CCOCC2)c2ccccc12)c1ccc2c(c1)OCO2. The van der Waals surface area contributed by atoms with Crippen molar-refractivity contribution < 1.29 is 14.2 Å². The number of aliphatic imine (C=N–C) groups is 1. The summed E-state index contributed by atoms with van der Waals surface area (Å²) in [4.78, 5) is 7.07. The molecule has 1 fully saturated rings. The maximum Gasteiger partial charge on any atom is 0.231 e. The molecule has 0 saturated carbocycles. The first-order valence-corrected chi connectivity index (χ1v) is 9.56. The number of hydrogen-bond donors (Lipinski definition) is 0. The van der Waals surface area contributed by atoms with Crippen molar-refractivity contribution >= 4 is 22.9 Å². The number of benzene rings is 2. The van der Waals surface area contributed by atoms with Gasteiger partial charge in [-0.1, -0.05) is 12.1 Å². The molecular weight excluding hydrogens is 356 g/mol. The zero-order valence-electron chi connectivity index (χ0n) is 15.6. The first kappa shape index (κ1) is 17.2. The second-order valence-electron chi connectivity index (χ2n) is 6.89. The topological polar surface area (TPSA) is 61.1 Å². The van der Waals surface area contributed by atoms with Gasteiger partial charge in [0.1, 0.15) is 0 Å². The third-order valence-corrected chi connectivity index (χ3v) is 5.10. The van der Waals surface area contributed by atoms with Gasteiger partial charge >= 0.3 is 0 Å². The number of ether oxygens (including phenoxy) is 3. The van der Waals surface area contributed by atoms with Crippen LogP contribution in [0.4, 0.5) is 5.82 Å². The summed E-state index contributed by atoms with van der Waals surface area (Å²) in [5.74, 6) is 2.26. The minimum atomic E-state index is 0.272. The van der Waals surface area contributed by atoms with Gasteiger partial charge in [0, 0.05) is 31.2 Å². The molecule has 2 aromatic carbocycles. The second-order valence-corrected chi connectivity index (χ2v) is 6.89. The fraction of sp³-hybridized carbons (Fsp3) is 0.333. The number of rotatable bonds is 5. The molecule has 0 N–H and O–H groups in total. The lowest BCUT2D eigenvalue weighted by molar-refractivity contribution is 0.0361. The molecule has 3 heterocycles. The fourth-order valence-electron chi connectivity index (χ4n) is 3.57. The first-order chi connectivity index (χ1) is 13.9. The minimum Gasteiger partial charge on any atom is -0.454 e. The summed E-state index contributed by atoms with van der Waals surface area (Å²) in [6.45, 7) is 5.65. The van der Waals surface area contributed by atoms with Crippen LogP contribution in [0.5, 0.6) is 11.5 Å². The van der Waals surface area contributed by atoms with E-state index in [9.17, 15) is 0 Å². The highest BCUT2D eigenvalue weighted by atomic mass is 16.7. The number of aromatic nitrogens is 2. The van der Waals surface area contributed by atoms with Gasteiger partial charge in [-0.05, 0) is 35.9 Å². The van der Waals surface area contributed by atoms with Crippen molar-refractivity contribution in [2.24, 2.45) is 4.99 Å². The number of para-hydroxylation sites is 1. The Morgan fingerprint density at radius 1 is 1.00 bits per heavy atom. The molecule has 5 rings (SSSR count). The molecule has 0 unspecified atom stereocenters. The first-order valence-electron chi connectivity index (χ1n) is 9.56. The van der Waals surface area contributed by atoms with Crippen LogP contribution < -0.4 is 9.47 Å². The van der Waals surface area contributed by atoms with E-state index in [1.165, 1.54) is 0 Å². The number of morpholine rings is 1. The monoisotopic (exact) mass is 378 g/mol. The third-order valence-electron chi connectivity index (χ3n) is 5.10. The van der Waals surface area contributed by atoms with Crippen LogP contribution in [-0.2, 0) is 11.3 Å². The van der Waals surface area contributed by atoms with E-state index in [4.69, 9.17) is 19.3 Å². The van der Waals surface area contributed by atoms with E-state index in [-0.39, 0.29) is 6.79 Å². The molecular formula is C21H22N4O3. The Labute approximate surface area is 163 Å². The number of hydrogen-bond acceptors (Lipinski definition) is 6. The summed E-state index contributed by atoms with van der Waals surface area (Å²) in [6, 6.07) is 14.0.